The second kappa shape index (κ2) is 7.05. The second-order valence-electron chi connectivity index (χ2n) is 3.68. The van der Waals surface area contributed by atoms with Crippen molar-refractivity contribution in [3.05, 3.63) is 33.2 Å². The Morgan fingerprint density at radius 3 is 2.79 bits per heavy atom. The largest absolute Gasteiger partial charge is 0.479 e. The van der Waals surface area contributed by atoms with Gasteiger partial charge in [-0.25, -0.2) is 4.79 Å². The predicted octanol–water partition coefficient (Wildman–Crippen LogP) is -0.173. The summed E-state index contributed by atoms with van der Waals surface area (Å²) in [6, 6.07) is 2.90. The number of amides is 1. The fourth-order valence-corrected chi connectivity index (χ4v) is 1.69. The molecule has 1 rings (SSSR count). The van der Waals surface area contributed by atoms with Crippen LogP contribution in [0.4, 0.5) is 0 Å². The minimum Gasteiger partial charge on any atom is -0.479 e. The predicted molar refractivity (Wildman–Crippen MR) is 69.8 cm³/mol. The lowest BCUT2D eigenvalue weighted by atomic mass is 10.3. The van der Waals surface area contributed by atoms with Crippen molar-refractivity contribution < 1.29 is 19.4 Å². The first-order chi connectivity index (χ1) is 8.93. The normalized spacial score (nSPS) is 11.9. The Morgan fingerprint density at radius 1 is 1.53 bits per heavy atom. The molecule has 7 nitrogen and oxygen atoms in total. The molecular weight excluding hydrogens is 320 g/mol. The number of methoxy groups -OCH3 is 1. The summed E-state index contributed by atoms with van der Waals surface area (Å²) in [5.74, 6) is -1.63. The molecular formula is C11H13BrN2O5. The summed E-state index contributed by atoms with van der Waals surface area (Å²) in [4.78, 5) is 33.7. The van der Waals surface area contributed by atoms with Crippen molar-refractivity contribution in [1.29, 1.82) is 0 Å². The third-order valence-electron chi connectivity index (χ3n) is 2.31. The molecule has 0 fully saturated rings. The van der Waals surface area contributed by atoms with Crippen LogP contribution in [0.25, 0.3) is 0 Å². The number of rotatable bonds is 6. The number of nitrogens with one attached hydrogen (secondary N) is 1. The van der Waals surface area contributed by atoms with Crippen molar-refractivity contribution in [2.45, 2.75) is 12.6 Å². The summed E-state index contributed by atoms with van der Waals surface area (Å²) >= 11 is 3.19. The summed E-state index contributed by atoms with van der Waals surface area (Å²) in [7, 11) is 1.24. The number of halogens is 1. The molecule has 0 bridgehead atoms. The number of carboxylic acid groups (broad SMARTS) is 1. The van der Waals surface area contributed by atoms with E-state index in [0.29, 0.717) is 4.47 Å². The zero-order valence-electron chi connectivity index (χ0n) is 10.1. The number of pyridine rings is 1. The molecule has 0 saturated carbocycles. The maximum atomic E-state index is 11.6. The lowest BCUT2D eigenvalue weighted by Gasteiger charge is -2.12. The minimum absolute atomic E-state index is 0.159. The highest BCUT2D eigenvalue weighted by atomic mass is 79.9. The van der Waals surface area contributed by atoms with Gasteiger partial charge in [-0.1, -0.05) is 0 Å². The average Bonchev–Trinajstić information content (AvgIpc) is 2.34. The van der Waals surface area contributed by atoms with Crippen LogP contribution in [0.1, 0.15) is 0 Å². The second-order valence-corrected chi connectivity index (χ2v) is 4.60. The first-order valence-corrected chi connectivity index (χ1v) is 6.11. The van der Waals surface area contributed by atoms with Crippen molar-refractivity contribution in [3.63, 3.8) is 0 Å². The number of aliphatic carboxylic acids is 1. The Kier molecular flexibility index (Phi) is 5.71. The van der Waals surface area contributed by atoms with E-state index in [0.717, 1.165) is 0 Å². The third kappa shape index (κ3) is 4.84. The molecule has 0 radical (unpaired) electrons. The van der Waals surface area contributed by atoms with E-state index in [1.165, 1.54) is 23.9 Å². The van der Waals surface area contributed by atoms with E-state index in [1.54, 1.807) is 6.07 Å². The molecule has 2 N–H and O–H groups in total. The molecule has 1 unspecified atom stereocenters. The van der Waals surface area contributed by atoms with Gasteiger partial charge >= 0.3 is 5.97 Å². The molecule has 0 aliphatic heterocycles. The molecule has 1 heterocycles. The first kappa shape index (κ1) is 15.4. The highest BCUT2D eigenvalue weighted by Crippen LogP contribution is 2.04. The number of aromatic nitrogens is 1. The standard InChI is InChI=1S/C11H13BrN2O5/c1-19-8(11(17)18)4-13-9(15)6-14-5-7(12)2-3-10(14)16/h2-3,5,8H,4,6H2,1H3,(H,13,15)(H,17,18). The maximum absolute atomic E-state index is 11.6. The SMILES string of the molecule is COC(CNC(=O)Cn1cc(Br)ccc1=O)C(=O)O. The molecule has 0 saturated heterocycles. The van der Waals surface area contributed by atoms with Crippen molar-refractivity contribution in [2.24, 2.45) is 0 Å². The molecule has 1 aromatic rings. The van der Waals surface area contributed by atoms with E-state index in [1.807, 2.05) is 0 Å². The van der Waals surface area contributed by atoms with Crippen LogP contribution in [0.5, 0.6) is 0 Å². The number of carbonyl (C=O) groups is 2. The molecule has 1 aromatic heterocycles. The quantitative estimate of drug-likeness (QED) is 0.753. The summed E-state index contributed by atoms with van der Waals surface area (Å²) in [6.45, 7) is -0.345. The van der Waals surface area contributed by atoms with Gasteiger partial charge in [-0.2, -0.15) is 0 Å². The molecule has 0 aliphatic rings. The van der Waals surface area contributed by atoms with E-state index in [4.69, 9.17) is 5.11 Å². The van der Waals surface area contributed by atoms with Crippen molar-refractivity contribution in [1.82, 2.24) is 9.88 Å². The monoisotopic (exact) mass is 332 g/mol. The number of hydrogen-bond acceptors (Lipinski definition) is 4. The van der Waals surface area contributed by atoms with Crippen LogP contribution in [0, 0.1) is 0 Å². The zero-order valence-corrected chi connectivity index (χ0v) is 11.7. The van der Waals surface area contributed by atoms with Crippen LogP contribution in [0.2, 0.25) is 0 Å². The lowest BCUT2D eigenvalue weighted by molar-refractivity contribution is -0.148. The van der Waals surface area contributed by atoms with Crippen LogP contribution in [0.3, 0.4) is 0 Å². The Balaban J connectivity index is 2.58. The number of hydrogen-bond donors (Lipinski definition) is 2. The van der Waals surface area contributed by atoms with Crippen LogP contribution in [-0.2, 0) is 20.9 Å². The molecule has 1 atom stereocenters. The molecule has 104 valence electrons. The molecule has 8 heteroatoms. The fourth-order valence-electron chi connectivity index (χ4n) is 1.31. The Labute approximate surface area is 117 Å². The maximum Gasteiger partial charge on any atom is 0.334 e. The Hall–Kier alpha value is -1.67. The van der Waals surface area contributed by atoms with Crippen LogP contribution >= 0.6 is 15.9 Å². The van der Waals surface area contributed by atoms with Gasteiger partial charge in [-0.3, -0.25) is 9.59 Å². The first-order valence-electron chi connectivity index (χ1n) is 5.32. The third-order valence-corrected chi connectivity index (χ3v) is 2.77. The number of nitrogens with zero attached hydrogens (tertiary/aromatic N) is 1. The summed E-state index contributed by atoms with van der Waals surface area (Å²) in [5, 5.41) is 11.1. The molecule has 0 aromatic carbocycles. The number of ether oxygens (including phenoxy) is 1. The Bertz CT molecular complexity index is 528. The van der Waals surface area contributed by atoms with Crippen molar-refractivity contribution in [3.8, 4) is 0 Å². The lowest BCUT2D eigenvalue weighted by Crippen LogP contribution is -2.40. The Morgan fingerprint density at radius 2 is 2.21 bits per heavy atom. The van der Waals surface area contributed by atoms with Gasteiger partial charge < -0.3 is 19.7 Å². The zero-order chi connectivity index (χ0) is 14.4. The van der Waals surface area contributed by atoms with E-state index in [9.17, 15) is 14.4 Å². The topological polar surface area (TPSA) is 97.6 Å². The van der Waals surface area contributed by atoms with Crippen LogP contribution < -0.4 is 10.9 Å². The summed E-state index contributed by atoms with van der Waals surface area (Å²) in [6.07, 6.45) is 0.371. The number of carboxylic acids is 1. The van der Waals surface area contributed by atoms with E-state index in [2.05, 4.69) is 26.0 Å². The van der Waals surface area contributed by atoms with Crippen molar-refractivity contribution >= 4 is 27.8 Å². The van der Waals surface area contributed by atoms with Crippen molar-refractivity contribution in [2.75, 3.05) is 13.7 Å². The molecule has 1 amide bonds. The molecule has 0 aliphatic carbocycles. The minimum atomic E-state index is -1.16. The highest BCUT2D eigenvalue weighted by Gasteiger charge is 2.17. The van der Waals surface area contributed by atoms with E-state index >= 15 is 0 Å². The van der Waals surface area contributed by atoms with Gasteiger partial charge in [-0.05, 0) is 22.0 Å². The van der Waals surface area contributed by atoms with Gasteiger partial charge in [0.1, 0.15) is 6.54 Å². The van der Waals surface area contributed by atoms with Crippen LogP contribution in [-0.4, -0.2) is 41.3 Å². The van der Waals surface area contributed by atoms with Gasteiger partial charge in [0.2, 0.25) is 5.91 Å². The van der Waals surface area contributed by atoms with Crippen LogP contribution in [0.15, 0.2) is 27.6 Å². The summed E-state index contributed by atoms with van der Waals surface area (Å²) in [5.41, 5.74) is -0.320. The molecule has 19 heavy (non-hydrogen) atoms. The highest BCUT2D eigenvalue weighted by molar-refractivity contribution is 9.10. The fraction of sp³-hybridized carbons (Fsp3) is 0.364. The van der Waals surface area contributed by atoms with Gasteiger partial charge in [0.15, 0.2) is 6.10 Å². The summed E-state index contributed by atoms with van der Waals surface area (Å²) < 4.78 is 6.54. The van der Waals surface area contributed by atoms with Gasteiger partial charge in [0, 0.05) is 23.8 Å². The smallest absolute Gasteiger partial charge is 0.334 e. The van der Waals surface area contributed by atoms with E-state index < -0.39 is 18.0 Å². The van der Waals surface area contributed by atoms with Gasteiger partial charge in [0.05, 0.1) is 6.54 Å². The average molecular weight is 333 g/mol. The molecule has 0 spiro atoms. The van der Waals surface area contributed by atoms with Gasteiger partial charge in [-0.15, -0.1) is 0 Å². The van der Waals surface area contributed by atoms with E-state index in [-0.39, 0.29) is 18.6 Å². The van der Waals surface area contributed by atoms with Gasteiger partial charge in [0.25, 0.3) is 5.56 Å². The number of carbonyl (C=O) groups excluding carboxylic acids is 1.